The molecule has 0 unspecified atom stereocenters. The van der Waals surface area contributed by atoms with E-state index in [4.69, 9.17) is 4.74 Å². The van der Waals surface area contributed by atoms with Gasteiger partial charge in [0, 0.05) is 20.6 Å². The molecule has 0 spiro atoms. The third-order valence-electron chi connectivity index (χ3n) is 5.34. The van der Waals surface area contributed by atoms with Crippen molar-refractivity contribution >= 4 is 29.9 Å². The normalized spacial score (nSPS) is 15.9. The van der Waals surface area contributed by atoms with Crippen LogP contribution in [0.15, 0.2) is 29.3 Å². The maximum absolute atomic E-state index is 5.89. The second-order valence-electron chi connectivity index (χ2n) is 7.18. The summed E-state index contributed by atoms with van der Waals surface area (Å²) in [6.07, 6.45) is 3.88. The number of likely N-dealkylation sites (tertiary alicyclic amines) is 1. The topological polar surface area (TPSA) is 40.1 Å². The first kappa shape index (κ1) is 24.0. The first-order chi connectivity index (χ1) is 12.6. The molecule has 0 atom stereocenters. The van der Waals surface area contributed by atoms with Crippen molar-refractivity contribution < 1.29 is 4.74 Å². The largest absolute Gasteiger partial charge is 0.491 e. The lowest BCUT2D eigenvalue weighted by Crippen LogP contribution is -2.42. The Bertz CT molecular complexity index is 559. The monoisotopic (exact) mass is 488 g/mol. The number of likely N-dealkylation sites (N-methyl/N-ethyl adjacent to an activating group) is 1. The average Bonchev–Trinajstić information content (AvgIpc) is 2.67. The smallest absolute Gasteiger partial charge is 0.193 e. The van der Waals surface area contributed by atoms with E-state index in [1.807, 2.05) is 25.2 Å². The number of halogens is 1. The van der Waals surface area contributed by atoms with Gasteiger partial charge in [-0.2, -0.15) is 0 Å². The highest BCUT2D eigenvalue weighted by atomic mass is 127. The number of rotatable bonds is 8. The number of nitrogens with zero attached hydrogens (tertiary/aromatic N) is 3. The number of guanidine groups is 1. The number of nitrogens with one attached hydrogen (secondary N) is 1. The summed E-state index contributed by atoms with van der Waals surface area (Å²) in [5, 5.41) is 3.51. The molecule has 0 saturated carbocycles. The van der Waals surface area contributed by atoms with Crippen molar-refractivity contribution in [2.75, 3.05) is 53.4 Å². The minimum Gasteiger partial charge on any atom is -0.491 e. The minimum absolute atomic E-state index is 0. The van der Waals surface area contributed by atoms with Crippen molar-refractivity contribution in [1.29, 1.82) is 0 Å². The van der Waals surface area contributed by atoms with Crippen LogP contribution in [0.3, 0.4) is 0 Å². The fraction of sp³-hybridized carbons (Fsp3) is 0.667. The second kappa shape index (κ2) is 13.2. The van der Waals surface area contributed by atoms with E-state index in [2.05, 4.69) is 47.1 Å². The van der Waals surface area contributed by atoms with Crippen LogP contribution in [0.4, 0.5) is 0 Å². The number of piperidine rings is 1. The van der Waals surface area contributed by atoms with Gasteiger partial charge in [0.15, 0.2) is 5.96 Å². The van der Waals surface area contributed by atoms with Crippen molar-refractivity contribution in [3.05, 3.63) is 29.8 Å². The number of hydrogen-bond donors (Lipinski definition) is 1. The van der Waals surface area contributed by atoms with Crippen LogP contribution in [0, 0.1) is 12.8 Å². The van der Waals surface area contributed by atoms with Gasteiger partial charge in [-0.1, -0.05) is 25.1 Å². The van der Waals surface area contributed by atoms with Gasteiger partial charge in [-0.25, -0.2) is 0 Å². The molecule has 0 radical (unpaired) electrons. The van der Waals surface area contributed by atoms with Gasteiger partial charge in [0.25, 0.3) is 0 Å². The summed E-state index contributed by atoms with van der Waals surface area (Å²) in [4.78, 5) is 9.09. The molecule has 6 heteroatoms. The SMILES string of the molecule is CCN1CCC(CCNC(=NC)N(C)CCOc2ccccc2C)CC1.I. The highest BCUT2D eigenvalue weighted by Gasteiger charge is 2.17. The summed E-state index contributed by atoms with van der Waals surface area (Å²) in [5.41, 5.74) is 1.17. The fourth-order valence-corrected chi connectivity index (χ4v) is 3.48. The molecule has 0 amide bonds. The Morgan fingerprint density at radius 2 is 2.00 bits per heavy atom. The van der Waals surface area contributed by atoms with Crippen molar-refractivity contribution in [3.63, 3.8) is 0 Å². The summed E-state index contributed by atoms with van der Waals surface area (Å²) in [7, 11) is 3.91. The molecule has 27 heavy (non-hydrogen) atoms. The number of aliphatic imine (C=N–C) groups is 1. The third kappa shape index (κ3) is 8.25. The molecule has 1 fully saturated rings. The first-order valence-electron chi connectivity index (χ1n) is 9.96. The predicted molar refractivity (Wildman–Crippen MR) is 126 cm³/mol. The standard InChI is InChI=1S/C21H36N4O.HI/c1-5-25-14-11-19(12-15-25)10-13-23-21(22-3)24(4)16-17-26-20-9-7-6-8-18(20)2;/h6-9,19H,5,10-17H2,1-4H3,(H,22,23);1H. The van der Waals surface area contributed by atoms with Crippen LogP contribution in [0.1, 0.15) is 31.7 Å². The van der Waals surface area contributed by atoms with Gasteiger partial charge in [0.1, 0.15) is 12.4 Å². The Balaban J connectivity index is 0.00000364. The Kier molecular flexibility index (Phi) is 11.7. The van der Waals surface area contributed by atoms with E-state index >= 15 is 0 Å². The molecule has 1 N–H and O–H groups in total. The maximum atomic E-state index is 5.89. The van der Waals surface area contributed by atoms with E-state index in [0.29, 0.717) is 6.61 Å². The van der Waals surface area contributed by atoms with Crippen LogP contribution in [-0.4, -0.2) is 69.2 Å². The third-order valence-corrected chi connectivity index (χ3v) is 5.34. The van der Waals surface area contributed by atoms with Crippen molar-refractivity contribution in [1.82, 2.24) is 15.1 Å². The van der Waals surface area contributed by atoms with E-state index in [9.17, 15) is 0 Å². The lowest BCUT2D eigenvalue weighted by Gasteiger charge is -2.31. The molecule has 1 aliphatic rings. The van der Waals surface area contributed by atoms with Crippen LogP contribution in [0.5, 0.6) is 5.75 Å². The summed E-state index contributed by atoms with van der Waals surface area (Å²) in [6.45, 7) is 10.5. The van der Waals surface area contributed by atoms with Crippen LogP contribution >= 0.6 is 24.0 Å². The molecule has 1 aliphatic heterocycles. The lowest BCUT2D eigenvalue weighted by molar-refractivity contribution is 0.187. The molecule has 1 heterocycles. The van der Waals surface area contributed by atoms with Crippen molar-refractivity contribution in [3.8, 4) is 5.75 Å². The molecule has 154 valence electrons. The molecule has 1 aromatic carbocycles. The van der Waals surface area contributed by atoms with Crippen LogP contribution < -0.4 is 10.1 Å². The zero-order valence-corrected chi connectivity index (χ0v) is 19.7. The molecule has 1 saturated heterocycles. The molecule has 5 nitrogen and oxygen atoms in total. The van der Waals surface area contributed by atoms with E-state index in [0.717, 1.165) is 30.7 Å². The van der Waals surface area contributed by atoms with Gasteiger partial charge in [-0.15, -0.1) is 24.0 Å². The van der Waals surface area contributed by atoms with E-state index in [-0.39, 0.29) is 24.0 Å². The quantitative estimate of drug-likeness (QED) is 0.345. The van der Waals surface area contributed by atoms with Crippen molar-refractivity contribution in [2.45, 2.75) is 33.1 Å². The Morgan fingerprint density at radius 3 is 2.63 bits per heavy atom. The van der Waals surface area contributed by atoms with Crippen LogP contribution in [0.25, 0.3) is 0 Å². The molecule has 1 aromatic rings. The summed E-state index contributed by atoms with van der Waals surface area (Å²) >= 11 is 0. The number of para-hydroxylation sites is 1. The van der Waals surface area contributed by atoms with E-state index < -0.39 is 0 Å². The van der Waals surface area contributed by atoms with Gasteiger partial charge in [0.05, 0.1) is 6.54 Å². The summed E-state index contributed by atoms with van der Waals surface area (Å²) in [6, 6.07) is 8.14. The molecule has 2 rings (SSSR count). The summed E-state index contributed by atoms with van der Waals surface area (Å²) < 4.78 is 5.89. The zero-order valence-electron chi connectivity index (χ0n) is 17.4. The fourth-order valence-electron chi connectivity index (χ4n) is 3.48. The van der Waals surface area contributed by atoms with E-state index in [1.165, 1.54) is 44.5 Å². The van der Waals surface area contributed by atoms with Gasteiger partial charge >= 0.3 is 0 Å². The number of ether oxygens (including phenoxy) is 1. The molecule has 0 bridgehead atoms. The Morgan fingerprint density at radius 1 is 1.30 bits per heavy atom. The van der Waals surface area contributed by atoms with Gasteiger partial charge in [0.2, 0.25) is 0 Å². The van der Waals surface area contributed by atoms with E-state index in [1.54, 1.807) is 0 Å². The van der Waals surface area contributed by atoms with Gasteiger partial charge < -0.3 is 19.9 Å². The second-order valence-corrected chi connectivity index (χ2v) is 7.18. The maximum Gasteiger partial charge on any atom is 0.193 e. The molecule has 0 aliphatic carbocycles. The van der Waals surface area contributed by atoms with Crippen LogP contribution in [0.2, 0.25) is 0 Å². The summed E-state index contributed by atoms with van der Waals surface area (Å²) in [5.74, 6) is 2.75. The molecular formula is C21H37IN4O. The average molecular weight is 488 g/mol. The zero-order chi connectivity index (χ0) is 18.8. The van der Waals surface area contributed by atoms with Crippen LogP contribution in [-0.2, 0) is 0 Å². The molecular weight excluding hydrogens is 451 g/mol. The Labute approximate surface area is 182 Å². The predicted octanol–water partition coefficient (Wildman–Crippen LogP) is 3.62. The Hall–Kier alpha value is -1.02. The highest BCUT2D eigenvalue weighted by Crippen LogP contribution is 2.19. The van der Waals surface area contributed by atoms with Crippen molar-refractivity contribution in [2.24, 2.45) is 10.9 Å². The highest BCUT2D eigenvalue weighted by molar-refractivity contribution is 14.0. The van der Waals surface area contributed by atoms with Gasteiger partial charge in [-0.3, -0.25) is 4.99 Å². The number of benzene rings is 1. The first-order valence-corrected chi connectivity index (χ1v) is 9.96. The number of aryl methyl sites for hydroxylation is 1. The molecule has 0 aromatic heterocycles. The van der Waals surface area contributed by atoms with Gasteiger partial charge in [-0.05, 0) is 63.4 Å². The minimum atomic E-state index is 0. The number of hydrogen-bond acceptors (Lipinski definition) is 3. The lowest BCUT2D eigenvalue weighted by atomic mass is 9.93.